The highest BCUT2D eigenvalue weighted by Gasteiger charge is 2.45. The van der Waals surface area contributed by atoms with Crippen molar-refractivity contribution >= 4 is 0 Å². The SMILES string of the molecule is CC(C)C1(CNCC2(C(C)C)CCNC2)CC1. The minimum atomic E-state index is 0.507. The normalized spacial score (nSPS) is 31.4. The van der Waals surface area contributed by atoms with Crippen molar-refractivity contribution in [3.63, 3.8) is 0 Å². The molecule has 1 unspecified atom stereocenters. The molecule has 17 heavy (non-hydrogen) atoms. The lowest BCUT2D eigenvalue weighted by Gasteiger charge is -2.34. The van der Waals surface area contributed by atoms with Gasteiger partial charge in [0, 0.05) is 19.6 Å². The van der Waals surface area contributed by atoms with Crippen LogP contribution in [0.1, 0.15) is 47.0 Å². The van der Waals surface area contributed by atoms with E-state index >= 15 is 0 Å². The lowest BCUT2D eigenvalue weighted by molar-refractivity contribution is 0.198. The van der Waals surface area contributed by atoms with Crippen LogP contribution in [0.15, 0.2) is 0 Å². The van der Waals surface area contributed by atoms with Crippen LogP contribution in [0.3, 0.4) is 0 Å². The van der Waals surface area contributed by atoms with E-state index in [1.165, 1.54) is 45.4 Å². The maximum atomic E-state index is 3.79. The zero-order valence-electron chi connectivity index (χ0n) is 12.1. The molecular weight excluding hydrogens is 208 g/mol. The Hall–Kier alpha value is -0.0800. The van der Waals surface area contributed by atoms with E-state index in [0.29, 0.717) is 10.8 Å². The van der Waals surface area contributed by atoms with E-state index in [9.17, 15) is 0 Å². The molecule has 2 N–H and O–H groups in total. The zero-order valence-corrected chi connectivity index (χ0v) is 12.1. The molecular formula is C15H30N2. The van der Waals surface area contributed by atoms with Crippen LogP contribution in [-0.4, -0.2) is 26.2 Å². The summed E-state index contributed by atoms with van der Waals surface area (Å²) in [5, 5.41) is 7.33. The topological polar surface area (TPSA) is 24.1 Å². The Balaban J connectivity index is 1.81. The summed E-state index contributed by atoms with van der Waals surface area (Å²) < 4.78 is 0. The summed E-state index contributed by atoms with van der Waals surface area (Å²) >= 11 is 0. The molecule has 0 radical (unpaired) electrons. The van der Waals surface area contributed by atoms with Gasteiger partial charge < -0.3 is 10.6 Å². The largest absolute Gasteiger partial charge is 0.316 e. The van der Waals surface area contributed by atoms with Gasteiger partial charge in [-0.3, -0.25) is 0 Å². The van der Waals surface area contributed by atoms with Gasteiger partial charge in [-0.2, -0.15) is 0 Å². The summed E-state index contributed by atoms with van der Waals surface area (Å²) in [4.78, 5) is 0. The first-order chi connectivity index (χ1) is 8.01. The second-order valence-electron chi connectivity index (χ2n) is 7.06. The van der Waals surface area contributed by atoms with Crippen LogP contribution >= 0.6 is 0 Å². The quantitative estimate of drug-likeness (QED) is 0.743. The van der Waals surface area contributed by atoms with Crippen LogP contribution in [0.4, 0.5) is 0 Å². The first-order valence-corrected chi connectivity index (χ1v) is 7.42. The minimum absolute atomic E-state index is 0.507. The fraction of sp³-hybridized carbons (Fsp3) is 1.00. The monoisotopic (exact) mass is 238 g/mol. The van der Waals surface area contributed by atoms with Crippen molar-refractivity contribution in [1.29, 1.82) is 0 Å². The summed E-state index contributed by atoms with van der Waals surface area (Å²) in [6, 6.07) is 0. The highest BCUT2D eigenvalue weighted by Crippen LogP contribution is 2.51. The van der Waals surface area contributed by atoms with Gasteiger partial charge in [-0.15, -0.1) is 0 Å². The van der Waals surface area contributed by atoms with E-state index in [-0.39, 0.29) is 0 Å². The van der Waals surface area contributed by atoms with Crippen molar-refractivity contribution in [2.24, 2.45) is 22.7 Å². The molecule has 1 heterocycles. The summed E-state index contributed by atoms with van der Waals surface area (Å²) in [7, 11) is 0. The van der Waals surface area contributed by atoms with Gasteiger partial charge >= 0.3 is 0 Å². The van der Waals surface area contributed by atoms with Crippen molar-refractivity contribution in [3.05, 3.63) is 0 Å². The van der Waals surface area contributed by atoms with Gasteiger partial charge in [-0.25, -0.2) is 0 Å². The van der Waals surface area contributed by atoms with Crippen LogP contribution in [0.25, 0.3) is 0 Å². The van der Waals surface area contributed by atoms with E-state index in [1.54, 1.807) is 0 Å². The molecule has 1 aliphatic carbocycles. The van der Waals surface area contributed by atoms with Gasteiger partial charge in [0.2, 0.25) is 0 Å². The van der Waals surface area contributed by atoms with Gasteiger partial charge in [0.1, 0.15) is 0 Å². The second-order valence-corrected chi connectivity index (χ2v) is 7.06. The van der Waals surface area contributed by atoms with Crippen LogP contribution < -0.4 is 10.6 Å². The Morgan fingerprint density at radius 3 is 1.94 bits per heavy atom. The molecule has 2 aliphatic rings. The molecule has 2 rings (SSSR count). The second kappa shape index (κ2) is 4.89. The van der Waals surface area contributed by atoms with E-state index < -0.39 is 0 Å². The molecule has 2 fully saturated rings. The average Bonchev–Trinajstić information content (AvgIpc) is 2.89. The van der Waals surface area contributed by atoms with Crippen LogP contribution in [0.5, 0.6) is 0 Å². The molecule has 1 saturated heterocycles. The molecule has 100 valence electrons. The molecule has 2 heteroatoms. The fourth-order valence-corrected chi connectivity index (χ4v) is 3.29. The summed E-state index contributed by atoms with van der Waals surface area (Å²) in [5.74, 6) is 1.62. The standard InChI is InChI=1S/C15H30N2/c1-12(2)14(5-6-14)9-17-11-15(13(3)4)7-8-16-10-15/h12-13,16-17H,5-11H2,1-4H3. The Kier molecular flexibility index (Phi) is 3.84. The van der Waals surface area contributed by atoms with E-state index in [1.807, 2.05) is 0 Å². The minimum Gasteiger partial charge on any atom is -0.316 e. The molecule has 1 aliphatic heterocycles. The molecule has 0 aromatic heterocycles. The van der Waals surface area contributed by atoms with Gasteiger partial charge in [-0.1, -0.05) is 27.7 Å². The Morgan fingerprint density at radius 1 is 0.941 bits per heavy atom. The van der Waals surface area contributed by atoms with Gasteiger partial charge in [0.25, 0.3) is 0 Å². The lowest BCUT2D eigenvalue weighted by Crippen LogP contribution is -2.42. The Labute approximate surface area is 107 Å². The molecule has 0 amide bonds. The van der Waals surface area contributed by atoms with E-state index in [2.05, 4.69) is 38.3 Å². The van der Waals surface area contributed by atoms with E-state index in [4.69, 9.17) is 0 Å². The lowest BCUT2D eigenvalue weighted by atomic mass is 9.76. The third-order valence-electron chi connectivity index (χ3n) is 5.57. The molecule has 0 bridgehead atoms. The van der Waals surface area contributed by atoms with Crippen molar-refractivity contribution < 1.29 is 0 Å². The number of hydrogen-bond donors (Lipinski definition) is 2. The first kappa shape index (κ1) is 13.4. The van der Waals surface area contributed by atoms with Crippen LogP contribution in [0, 0.1) is 22.7 Å². The van der Waals surface area contributed by atoms with Crippen molar-refractivity contribution in [1.82, 2.24) is 10.6 Å². The molecule has 0 spiro atoms. The van der Waals surface area contributed by atoms with Crippen molar-refractivity contribution in [2.75, 3.05) is 26.2 Å². The third-order valence-corrected chi connectivity index (χ3v) is 5.57. The van der Waals surface area contributed by atoms with Gasteiger partial charge in [0.15, 0.2) is 0 Å². The Bertz CT molecular complexity index is 248. The number of nitrogens with one attached hydrogen (secondary N) is 2. The highest BCUT2D eigenvalue weighted by atomic mass is 15.0. The predicted molar refractivity (Wildman–Crippen MR) is 74.1 cm³/mol. The molecule has 1 atom stereocenters. The maximum absolute atomic E-state index is 3.79. The molecule has 2 nitrogen and oxygen atoms in total. The molecule has 0 aromatic carbocycles. The first-order valence-electron chi connectivity index (χ1n) is 7.42. The van der Waals surface area contributed by atoms with Gasteiger partial charge in [-0.05, 0) is 48.5 Å². The van der Waals surface area contributed by atoms with Crippen molar-refractivity contribution in [3.8, 4) is 0 Å². The van der Waals surface area contributed by atoms with Gasteiger partial charge in [0.05, 0.1) is 0 Å². The smallest absolute Gasteiger partial charge is 0.00232 e. The van der Waals surface area contributed by atoms with Crippen LogP contribution in [0.2, 0.25) is 0 Å². The zero-order chi connectivity index (χ0) is 12.5. The van der Waals surface area contributed by atoms with Crippen LogP contribution in [-0.2, 0) is 0 Å². The summed E-state index contributed by atoms with van der Waals surface area (Å²) in [5.41, 5.74) is 1.15. The Morgan fingerprint density at radius 2 is 1.53 bits per heavy atom. The van der Waals surface area contributed by atoms with Crippen molar-refractivity contribution in [2.45, 2.75) is 47.0 Å². The maximum Gasteiger partial charge on any atom is 0.00232 e. The number of rotatable bonds is 6. The third kappa shape index (κ3) is 2.68. The molecule has 1 saturated carbocycles. The fourth-order valence-electron chi connectivity index (χ4n) is 3.29. The summed E-state index contributed by atoms with van der Waals surface area (Å²) in [6.07, 6.45) is 4.21. The average molecular weight is 238 g/mol. The highest BCUT2D eigenvalue weighted by molar-refractivity contribution is 4.99. The summed E-state index contributed by atoms with van der Waals surface area (Å²) in [6.45, 7) is 14.4. The van der Waals surface area contributed by atoms with E-state index in [0.717, 1.165) is 11.8 Å². The predicted octanol–water partition coefficient (Wildman–Crippen LogP) is 2.65. The molecule has 0 aromatic rings. The number of hydrogen-bond acceptors (Lipinski definition) is 2.